The third kappa shape index (κ3) is 8.00. The Hall–Kier alpha value is -3.55. The molecule has 166 valence electrons. The van der Waals surface area contributed by atoms with Crippen LogP contribution in [0.4, 0.5) is 0 Å². The highest BCUT2D eigenvalue weighted by Gasteiger charge is 2.16. The Morgan fingerprint density at radius 1 is 0.774 bits per heavy atom. The molecule has 2 amide bonds. The van der Waals surface area contributed by atoms with Crippen molar-refractivity contribution in [2.24, 2.45) is 0 Å². The Bertz CT molecular complexity index is 865. The molecule has 0 aliphatic heterocycles. The Morgan fingerprint density at radius 2 is 1.29 bits per heavy atom. The van der Waals surface area contributed by atoms with Gasteiger partial charge in [0.1, 0.15) is 17.2 Å². The van der Waals surface area contributed by atoms with E-state index < -0.39 is 17.9 Å². The van der Waals surface area contributed by atoms with Crippen molar-refractivity contribution in [1.29, 1.82) is 0 Å². The van der Waals surface area contributed by atoms with E-state index in [1.807, 2.05) is 13.8 Å². The van der Waals surface area contributed by atoms with E-state index >= 15 is 0 Å². The standard InChI is InChI=1S/C23H28N2O6/c1-4-29-18-8-6-17(7-9-18)21(26)14-15-22(27)24-25-23(28)16(3)31-20-12-10-19(11-13-20)30-5-2/h6-13,16H,4-5,14-15H2,1-3H3,(H,24,27)(H,25,28). The molecule has 31 heavy (non-hydrogen) atoms. The Kier molecular flexibility index (Phi) is 9.35. The molecule has 2 aromatic carbocycles. The van der Waals surface area contributed by atoms with Crippen LogP contribution in [0.25, 0.3) is 0 Å². The van der Waals surface area contributed by atoms with Crippen LogP contribution in [-0.4, -0.2) is 36.9 Å². The second-order valence-electron chi connectivity index (χ2n) is 6.58. The number of nitrogens with one attached hydrogen (secondary N) is 2. The number of carbonyl (C=O) groups is 3. The zero-order chi connectivity index (χ0) is 22.6. The Morgan fingerprint density at radius 3 is 1.84 bits per heavy atom. The number of Topliss-reactive ketones (excluding diaryl/α,β-unsaturated/α-hetero) is 1. The zero-order valence-electron chi connectivity index (χ0n) is 18.0. The minimum atomic E-state index is -0.830. The summed E-state index contributed by atoms with van der Waals surface area (Å²) in [4.78, 5) is 36.3. The van der Waals surface area contributed by atoms with E-state index in [0.717, 1.165) is 0 Å². The average Bonchev–Trinajstić information content (AvgIpc) is 2.78. The van der Waals surface area contributed by atoms with E-state index in [2.05, 4.69) is 10.9 Å². The first-order chi connectivity index (χ1) is 14.9. The van der Waals surface area contributed by atoms with Crippen molar-refractivity contribution in [3.05, 3.63) is 54.1 Å². The van der Waals surface area contributed by atoms with Crippen LogP contribution in [0.15, 0.2) is 48.5 Å². The number of hydrogen-bond donors (Lipinski definition) is 2. The fourth-order valence-electron chi connectivity index (χ4n) is 2.61. The summed E-state index contributed by atoms with van der Waals surface area (Å²) in [5.74, 6) is 0.733. The van der Waals surface area contributed by atoms with Gasteiger partial charge in [-0.25, -0.2) is 0 Å². The number of hydrogen-bond acceptors (Lipinski definition) is 6. The summed E-state index contributed by atoms with van der Waals surface area (Å²) >= 11 is 0. The van der Waals surface area contributed by atoms with Gasteiger partial charge in [0.05, 0.1) is 13.2 Å². The molecular formula is C23H28N2O6. The first-order valence-corrected chi connectivity index (χ1v) is 10.2. The molecule has 2 rings (SSSR count). The predicted molar refractivity (Wildman–Crippen MR) is 115 cm³/mol. The van der Waals surface area contributed by atoms with Gasteiger partial charge in [-0.3, -0.25) is 25.2 Å². The summed E-state index contributed by atoms with van der Waals surface area (Å²) in [6.07, 6.45) is -0.863. The van der Waals surface area contributed by atoms with Gasteiger partial charge in [-0.05, 0) is 69.3 Å². The van der Waals surface area contributed by atoms with Crippen molar-refractivity contribution >= 4 is 17.6 Å². The average molecular weight is 428 g/mol. The van der Waals surface area contributed by atoms with Gasteiger partial charge in [0, 0.05) is 18.4 Å². The Balaban J connectivity index is 1.71. The van der Waals surface area contributed by atoms with E-state index in [4.69, 9.17) is 14.2 Å². The maximum Gasteiger partial charge on any atom is 0.279 e. The van der Waals surface area contributed by atoms with E-state index in [1.54, 1.807) is 55.5 Å². The maximum absolute atomic E-state index is 12.2. The fraction of sp³-hybridized carbons (Fsp3) is 0.348. The first-order valence-electron chi connectivity index (χ1n) is 10.2. The quantitative estimate of drug-likeness (QED) is 0.421. The van der Waals surface area contributed by atoms with Crippen LogP contribution in [0.2, 0.25) is 0 Å². The van der Waals surface area contributed by atoms with Gasteiger partial charge >= 0.3 is 0 Å². The zero-order valence-corrected chi connectivity index (χ0v) is 18.0. The molecule has 0 spiro atoms. The van der Waals surface area contributed by atoms with Gasteiger partial charge in [0.25, 0.3) is 5.91 Å². The molecule has 0 heterocycles. The highest BCUT2D eigenvalue weighted by atomic mass is 16.5. The van der Waals surface area contributed by atoms with Crippen molar-refractivity contribution in [3.8, 4) is 17.2 Å². The van der Waals surface area contributed by atoms with E-state index in [-0.39, 0.29) is 18.6 Å². The number of carbonyl (C=O) groups excluding carboxylic acids is 3. The summed E-state index contributed by atoms with van der Waals surface area (Å²) in [5, 5.41) is 0. The van der Waals surface area contributed by atoms with E-state index in [9.17, 15) is 14.4 Å². The summed E-state index contributed by atoms with van der Waals surface area (Å²) in [6.45, 7) is 6.44. The molecule has 0 bridgehead atoms. The van der Waals surface area contributed by atoms with Crippen LogP contribution in [-0.2, 0) is 9.59 Å². The summed E-state index contributed by atoms with van der Waals surface area (Å²) < 4.78 is 16.2. The molecule has 0 aromatic heterocycles. The SMILES string of the molecule is CCOc1ccc(OC(C)C(=O)NNC(=O)CCC(=O)c2ccc(OCC)cc2)cc1. The van der Waals surface area contributed by atoms with Gasteiger partial charge in [0.15, 0.2) is 11.9 Å². The molecule has 0 aliphatic rings. The molecule has 2 aromatic rings. The fourth-order valence-corrected chi connectivity index (χ4v) is 2.61. The third-order valence-electron chi connectivity index (χ3n) is 4.21. The lowest BCUT2D eigenvalue weighted by atomic mass is 10.1. The monoisotopic (exact) mass is 428 g/mol. The first kappa shape index (κ1) is 23.7. The van der Waals surface area contributed by atoms with Gasteiger partial charge in [-0.15, -0.1) is 0 Å². The molecule has 1 unspecified atom stereocenters. The van der Waals surface area contributed by atoms with Crippen molar-refractivity contribution in [1.82, 2.24) is 10.9 Å². The molecule has 0 saturated heterocycles. The highest BCUT2D eigenvalue weighted by Crippen LogP contribution is 2.18. The summed E-state index contributed by atoms with van der Waals surface area (Å²) in [7, 11) is 0. The molecule has 0 radical (unpaired) electrons. The largest absolute Gasteiger partial charge is 0.494 e. The van der Waals surface area contributed by atoms with Crippen LogP contribution in [0.5, 0.6) is 17.2 Å². The van der Waals surface area contributed by atoms with Gasteiger partial charge < -0.3 is 14.2 Å². The molecule has 8 nitrogen and oxygen atoms in total. The topological polar surface area (TPSA) is 103 Å². The lowest BCUT2D eigenvalue weighted by Gasteiger charge is -2.15. The van der Waals surface area contributed by atoms with Crippen LogP contribution in [0.3, 0.4) is 0 Å². The van der Waals surface area contributed by atoms with Crippen LogP contribution in [0, 0.1) is 0 Å². The van der Waals surface area contributed by atoms with Crippen molar-refractivity contribution in [2.75, 3.05) is 13.2 Å². The minimum Gasteiger partial charge on any atom is -0.494 e. The smallest absolute Gasteiger partial charge is 0.279 e. The molecule has 1 atom stereocenters. The molecule has 0 fully saturated rings. The summed E-state index contributed by atoms with van der Waals surface area (Å²) in [6, 6.07) is 13.6. The Labute approximate surface area is 181 Å². The molecule has 2 N–H and O–H groups in total. The van der Waals surface area contributed by atoms with Crippen molar-refractivity contribution in [2.45, 2.75) is 39.7 Å². The predicted octanol–water partition coefficient (Wildman–Crippen LogP) is 3.06. The molecule has 8 heteroatoms. The van der Waals surface area contributed by atoms with Gasteiger partial charge in [0.2, 0.25) is 5.91 Å². The van der Waals surface area contributed by atoms with Crippen molar-refractivity contribution < 1.29 is 28.6 Å². The summed E-state index contributed by atoms with van der Waals surface area (Å²) in [5.41, 5.74) is 5.10. The second kappa shape index (κ2) is 12.2. The number of hydrazine groups is 1. The van der Waals surface area contributed by atoms with Crippen molar-refractivity contribution in [3.63, 3.8) is 0 Å². The maximum atomic E-state index is 12.2. The van der Waals surface area contributed by atoms with Gasteiger partial charge in [-0.1, -0.05) is 0 Å². The minimum absolute atomic E-state index is 0.0217. The van der Waals surface area contributed by atoms with E-state index in [0.29, 0.717) is 36.0 Å². The van der Waals surface area contributed by atoms with E-state index in [1.165, 1.54) is 0 Å². The second-order valence-corrected chi connectivity index (χ2v) is 6.58. The normalized spacial score (nSPS) is 11.2. The van der Waals surface area contributed by atoms with Crippen LogP contribution in [0.1, 0.15) is 44.0 Å². The molecule has 0 aliphatic carbocycles. The third-order valence-corrected chi connectivity index (χ3v) is 4.21. The lowest BCUT2D eigenvalue weighted by Crippen LogP contribution is -2.47. The van der Waals surface area contributed by atoms with Gasteiger partial charge in [-0.2, -0.15) is 0 Å². The highest BCUT2D eigenvalue weighted by molar-refractivity contribution is 5.98. The van der Waals surface area contributed by atoms with Crippen LogP contribution < -0.4 is 25.1 Å². The number of ketones is 1. The molecule has 0 saturated carbocycles. The molecular weight excluding hydrogens is 400 g/mol. The number of benzene rings is 2. The van der Waals surface area contributed by atoms with Crippen LogP contribution >= 0.6 is 0 Å². The number of amides is 2. The number of ether oxygens (including phenoxy) is 3. The number of rotatable bonds is 11. The lowest BCUT2D eigenvalue weighted by molar-refractivity contribution is -0.132.